The number of carbonyl (C=O) groups is 1. The Morgan fingerprint density at radius 1 is 1.13 bits per heavy atom. The predicted molar refractivity (Wildman–Crippen MR) is 148 cm³/mol. The number of fused-ring (bicyclic) bond motifs is 1. The Morgan fingerprint density at radius 2 is 1.90 bits per heavy atom. The molecule has 3 N–H and O–H groups in total. The van der Waals surface area contributed by atoms with Gasteiger partial charge in [-0.15, -0.1) is 0 Å². The number of halogens is 1. The van der Waals surface area contributed by atoms with E-state index in [0.717, 1.165) is 25.7 Å². The van der Waals surface area contributed by atoms with E-state index >= 15 is 0 Å². The van der Waals surface area contributed by atoms with Gasteiger partial charge in [0.1, 0.15) is 5.75 Å². The Hall–Kier alpha value is -3.34. The van der Waals surface area contributed by atoms with Crippen LogP contribution in [0.2, 0.25) is 5.02 Å². The molecule has 11 nitrogen and oxygen atoms in total. The molecule has 4 rings (SSSR count). The first-order chi connectivity index (χ1) is 18.7. The number of aromatic nitrogens is 4. The molecule has 0 aliphatic heterocycles. The standard InChI is InChI=1S/C26H29ClN5O6P/c1-2-3-4-5-6-14-32-25-21(24(31-32)30-26(33)19-8-7-13-28-16-19)15-22(27)23(29-25)18-9-11-20(12-10-18)37-17-38-39(34,35)36/h7-13,15-16H,2-6,14,17H2,1H3,(H,30,31,33)(H2,34,35,36). The average molecular weight is 574 g/mol. The van der Waals surface area contributed by atoms with Crippen LogP contribution < -0.4 is 10.1 Å². The number of benzene rings is 1. The molecule has 0 unspecified atom stereocenters. The van der Waals surface area contributed by atoms with Gasteiger partial charge in [-0.1, -0.05) is 44.2 Å². The van der Waals surface area contributed by atoms with Crippen molar-refractivity contribution in [2.75, 3.05) is 12.1 Å². The van der Waals surface area contributed by atoms with Crippen LogP contribution in [-0.2, 0) is 15.6 Å². The molecule has 0 saturated carbocycles. The van der Waals surface area contributed by atoms with E-state index in [1.54, 1.807) is 53.3 Å². The highest BCUT2D eigenvalue weighted by Crippen LogP contribution is 2.36. The molecule has 13 heteroatoms. The minimum Gasteiger partial charge on any atom is -0.467 e. The lowest BCUT2D eigenvalue weighted by Crippen LogP contribution is -2.13. The number of carbonyl (C=O) groups excluding carboxylic acids is 1. The molecule has 1 amide bonds. The quantitative estimate of drug-likeness (QED) is 0.102. The van der Waals surface area contributed by atoms with Crippen LogP contribution in [0.4, 0.5) is 5.82 Å². The lowest BCUT2D eigenvalue weighted by Gasteiger charge is -2.09. The first-order valence-corrected chi connectivity index (χ1v) is 14.4. The highest BCUT2D eigenvalue weighted by molar-refractivity contribution is 7.46. The van der Waals surface area contributed by atoms with Crippen molar-refractivity contribution in [1.29, 1.82) is 0 Å². The van der Waals surface area contributed by atoms with Crippen molar-refractivity contribution in [3.8, 4) is 17.0 Å². The molecule has 206 valence electrons. The summed E-state index contributed by atoms with van der Waals surface area (Å²) in [5, 5.41) is 8.50. The van der Waals surface area contributed by atoms with Crippen molar-refractivity contribution in [3.05, 3.63) is 65.4 Å². The number of unbranched alkanes of at least 4 members (excludes halogenated alkanes) is 4. The summed E-state index contributed by atoms with van der Waals surface area (Å²) in [5.74, 6) is 0.375. The number of phosphoric acid groups is 1. The van der Waals surface area contributed by atoms with E-state index in [-0.39, 0.29) is 5.91 Å². The molecule has 0 aliphatic rings. The number of rotatable bonds is 13. The van der Waals surface area contributed by atoms with Gasteiger partial charge in [-0.2, -0.15) is 5.10 Å². The van der Waals surface area contributed by atoms with Gasteiger partial charge in [0.05, 0.1) is 21.7 Å². The molecular weight excluding hydrogens is 545 g/mol. The molecule has 0 radical (unpaired) electrons. The molecule has 3 heterocycles. The van der Waals surface area contributed by atoms with Crippen LogP contribution in [0.25, 0.3) is 22.3 Å². The van der Waals surface area contributed by atoms with Crippen molar-refractivity contribution in [2.24, 2.45) is 0 Å². The zero-order valence-corrected chi connectivity index (χ0v) is 22.9. The van der Waals surface area contributed by atoms with Crippen LogP contribution in [0.5, 0.6) is 5.75 Å². The summed E-state index contributed by atoms with van der Waals surface area (Å²) in [6.07, 6.45) is 8.51. The number of aryl methyl sites for hydroxylation is 1. The largest absolute Gasteiger partial charge is 0.472 e. The van der Waals surface area contributed by atoms with Gasteiger partial charge in [0.2, 0.25) is 0 Å². The number of ether oxygens (including phenoxy) is 1. The minimum absolute atomic E-state index is 0.337. The molecule has 0 aliphatic carbocycles. The topological polar surface area (TPSA) is 149 Å². The average Bonchev–Trinajstić information content (AvgIpc) is 3.24. The summed E-state index contributed by atoms with van der Waals surface area (Å²) in [7, 11) is -4.62. The Balaban J connectivity index is 1.61. The number of anilines is 1. The zero-order chi connectivity index (χ0) is 27.8. The Morgan fingerprint density at radius 3 is 2.59 bits per heavy atom. The van der Waals surface area contributed by atoms with Gasteiger partial charge >= 0.3 is 7.82 Å². The van der Waals surface area contributed by atoms with Crippen molar-refractivity contribution in [1.82, 2.24) is 19.7 Å². The van der Waals surface area contributed by atoms with E-state index < -0.39 is 14.6 Å². The monoisotopic (exact) mass is 573 g/mol. The molecule has 0 spiro atoms. The number of nitrogens with one attached hydrogen (secondary N) is 1. The van der Waals surface area contributed by atoms with Crippen LogP contribution in [0.15, 0.2) is 54.9 Å². The van der Waals surface area contributed by atoms with Gasteiger partial charge in [0, 0.05) is 24.5 Å². The fraction of sp³-hybridized carbons (Fsp3) is 0.308. The number of hydrogen-bond donors (Lipinski definition) is 3. The van der Waals surface area contributed by atoms with Gasteiger partial charge in [0.15, 0.2) is 18.3 Å². The van der Waals surface area contributed by atoms with Gasteiger partial charge in [-0.25, -0.2) is 18.8 Å². The SMILES string of the molecule is CCCCCCCn1nc(NC(=O)c2cccnc2)c2cc(Cl)c(-c3ccc(OCOP(=O)(O)O)cc3)nc21. The van der Waals surface area contributed by atoms with Crippen molar-refractivity contribution < 1.29 is 28.4 Å². The maximum absolute atomic E-state index is 12.8. The zero-order valence-electron chi connectivity index (χ0n) is 21.3. The first-order valence-electron chi connectivity index (χ1n) is 12.5. The lowest BCUT2D eigenvalue weighted by atomic mass is 10.1. The number of pyridine rings is 2. The molecule has 0 fully saturated rings. The molecule has 39 heavy (non-hydrogen) atoms. The third-order valence-electron chi connectivity index (χ3n) is 5.88. The van der Waals surface area contributed by atoms with Crippen LogP contribution >= 0.6 is 19.4 Å². The van der Waals surface area contributed by atoms with Crippen molar-refractivity contribution >= 4 is 42.2 Å². The molecule has 0 bridgehead atoms. The third kappa shape index (κ3) is 7.84. The second kappa shape index (κ2) is 13.1. The highest BCUT2D eigenvalue weighted by atomic mass is 35.5. The highest BCUT2D eigenvalue weighted by Gasteiger charge is 2.19. The second-order valence-electron chi connectivity index (χ2n) is 8.78. The van der Waals surface area contributed by atoms with E-state index in [4.69, 9.17) is 31.1 Å². The smallest absolute Gasteiger partial charge is 0.467 e. The molecule has 1 aromatic carbocycles. The van der Waals surface area contributed by atoms with Gasteiger partial charge < -0.3 is 19.8 Å². The number of nitrogens with zero attached hydrogens (tertiary/aromatic N) is 4. The van der Waals surface area contributed by atoms with Gasteiger partial charge in [-0.3, -0.25) is 9.78 Å². The third-order valence-corrected chi connectivity index (χ3v) is 6.61. The number of amides is 1. The summed E-state index contributed by atoms with van der Waals surface area (Å²) in [6, 6.07) is 11.8. The predicted octanol–water partition coefficient (Wildman–Crippen LogP) is 5.82. The van der Waals surface area contributed by atoms with E-state index in [0.29, 0.717) is 51.0 Å². The fourth-order valence-electron chi connectivity index (χ4n) is 3.94. The molecular formula is C26H29ClN5O6P. The van der Waals surface area contributed by atoms with E-state index in [9.17, 15) is 9.36 Å². The molecule has 4 aromatic rings. The van der Waals surface area contributed by atoms with Crippen LogP contribution in [0.3, 0.4) is 0 Å². The number of hydrogen-bond acceptors (Lipinski definition) is 7. The fourth-order valence-corrected chi connectivity index (χ4v) is 4.39. The summed E-state index contributed by atoms with van der Waals surface area (Å²) in [5.41, 5.74) is 2.20. The Kier molecular flexibility index (Phi) is 9.66. The molecule has 3 aromatic heterocycles. The summed E-state index contributed by atoms with van der Waals surface area (Å²) in [6.45, 7) is 2.20. The van der Waals surface area contributed by atoms with Gasteiger partial charge in [-0.05, 0) is 48.9 Å². The summed E-state index contributed by atoms with van der Waals surface area (Å²) < 4.78 is 22.1. The Bertz CT molecular complexity index is 1460. The van der Waals surface area contributed by atoms with E-state index in [1.807, 2.05) is 0 Å². The summed E-state index contributed by atoms with van der Waals surface area (Å²) in [4.78, 5) is 39.2. The van der Waals surface area contributed by atoms with E-state index in [1.165, 1.54) is 12.6 Å². The lowest BCUT2D eigenvalue weighted by molar-refractivity contribution is 0.0829. The van der Waals surface area contributed by atoms with Crippen LogP contribution in [0.1, 0.15) is 49.4 Å². The maximum Gasteiger partial charge on any atom is 0.472 e. The maximum atomic E-state index is 12.8. The van der Waals surface area contributed by atoms with Crippen LogP contribution in [0, 0.1) is 0 Å². The summed E-state index contributed by atoms with van der Waals surface area (Å²) >= 11 is 6.65. The number of phosphoric ester groups is 1. The van der Waals surface area contributed by atoms with E-state index in [2.05, 4.69) is 26.8 Å². The van der Waals surface area contributed by atoms with Crippen molar-refractivity contribution in [3.63, 3.8) is 0 Å². The normalized spacial score (nSPS) is 11.6. The van der Waals surface area contributed by atoms with Crippen LogP contribution in [-0.4, -0.2) is 42.2 Å². The van der Waals surface area contributed by atoms with Gasteiger partial charge in [0.25, 0.3) is 5.91 Å². The molecule has 0 saturated heterocycles. The first kappa shape index (κ1) is 28.7. The Labute approximate surface area is 230 Å². The van der Waals surface area contributed by atoms with Crippen molar-refractivity contribution in [2.45, 2.75) is 45.6 Å². The molecule has 0 atom stereocenters. The minimum atomic E-state index is -4.62. The second-order valence-corrected chi connectivity index (χ2v) is 10.4.